The Balaban J connectivity index is 2.12. The van der Waals surface area contributed by atoms with Gasteiger partial charge in [-0.3, -0.25) is 4.79 Å². The highest BCUT2D eigenvalue weighted by Gasteiger charge is 2.73. The van der Waals surface area contributed by atoms with Gasteiger partial charge in [0.25, 0.3) is 0 Å². The van der Waals surface area contributed by atoms with Gasteiger partial charge in [0, 0.05) is 11.0 Å². The van der Waals surface area contributed by atoms with Gasteiger partial charge < -0.3 is 9.84 Å². The standard InChI is InChI=1S/C15H22O3/c1-9-6-5-7-15-12(18-15)11(16)10(13(2,3)17)8-14(9,15)4/h8-9,12,17H,5-7H2,1-4H3/t9-,12+,14+,15+/m0/s1. The molecule has 0 unspecified atom stereocenters. The Morgan fingerprint density at radius 2 is 2.17 bits per heavy atom. The maximum Gasteiger partial charge on any atom is 0.193 e. The summed E-state index contributed by atoms with van der Waals surface area (Å²) < 4.78 is 5.87. The fourth-order valence-electron chi connectivity index (χ4n) is 3.95. The highest BCUT2D eigenvalue weighted by molar-refractivity contribution is 6.04. The van der Waals surface area contributed by atoms with Crippen LogP contribution in [-0.2, 0) is 9.53 Å². The number of rotatable bonds is 1. The molecule has 2 fully saturated rings. The monoisotopic (exact) mass is 250 g/mol. The van der Waals surface area contributed by atoms with Gasteiger partial charge in [-0.25, -0.2) is 0 Å². The Kier molecular flexibility index (Phi) is 2.24. The molecule has 3 rings (SSSR count). The molecule has 1 spiro atoms. The number of carbonyl (C=O) groups is 1. The van der Waals surface area contributed by atoms with Crippen molar-refractivity contribution in [1.82, 2.24) is 0 Å². The van der Waals surface area contributed by atoms with Crippen LogP contribution in [-0.4, -0.2) is 28.2 Å². The molecule has 1 N–H and O–H groups in total. The van der Waals surface area contributed by atoms with Crippen molar-refractivity contribution < 1.29 is 14.6 Å². The molecule has 0 radical (unpaired) electrons. The van der Waals surface area contributed by atoms with Gasteiger partial charge in [0.2, 0.25) is 0 Å². The molecule has 0 aromatic rings. The lowest BCUT2D eigenvalue weighted by Crippen LogP contribution is -2.51. The zero-order valence-corrected chi connectivity index (χ0v) is 11.6. The summed E-state index contributed by atoms with van der Waals surface area (Å²) >= 11 is 0. The van der Waals surface area contributed by atoms with Crippen LogP contribution in [0.3, 0.4) is 0 Å². The summed E-state index contributed by atoms with van der Waals surface area (Å²) in [6, 6.07) is 0. The van der Waals surface area contributed by atoms with Crippen LogP contribution in [0.1, 0.15) is 47.0 Å². The summed E-state index contributed by atoms with van der Waals surface area (Å²) in [5.74, 6) is 0.482. The fourth-order valence-corrected chi connectivity index (χ4v) is 3.95. The van der Waals surface area contributed by atoms with Gasteiger partial charge >= 0.3 is 0 Å². The van der Waals surface area contributed by atoms with Crippen LogP contribution >= 0.6 is 0 Å². The van der Waals surface area contributed by atoms with Gasteiger partial charge in [-0.2, -0.15) is 0 Å². The summed E-state index contributed by atoms with van der Waals surface area (Å²) in [6.45, 7) is 7.79. The molecule has 0 amide bonds. The smallest absolute Gasteiger partial charge is 0.193 e. The van der Waals surface area contributed by atoms with Crippen LogP contribution in [0.25, 0.3) is 0 Å². The zero-order valence-electron chi connectivity index (χ0n) is 11.6. The molecule has 3 nitrogen and oxygen atoms in total. The molecule has 1 aliphatic heterocycles. The highest BCUT2D eigenvalue weighted by Crippen LogP contribution is 2.64. The minimum Gasteiger partial charge on any atom is -0.386 e. The molecule has 1 saturated carbocycles. The first-order valence-corrected chi connectivity index (χ1v) is 6.90. The number of hydrogen-bond acceptors (Lipinski definition) is 3. The number of hydrogen-bond donors (Lipinski definition) is 1. The predicted octanol–water partition coefficient (Wildman–Crippen LogP) is 2.23. The topological polar surface area (TPSA) is 49.8 Å². The normalized spacial score (nSPS) is 47.2. The van der Waals surface area contributed by atoms with Crippen molar-refractivity contribution in [2.45, 2.75) is 64.3 Å². The average molecular weight is 250 g/mol. The average Bonchev–Trinajstić information content (AvgIpc) is 2.97. The van der Waals surface area contributed by atoms with Crippen LogP contribution < -0.4 is 0 Å². The molecule has 1 saturated heterocycles. The molecule has 0 aromatic carbocycles. The molecular weight excluding hydrogens is 228 g/mol. The van der Waals surface area contributed by atoms with Crippen molar-refractivity contribution in [3.05, 3.63) is 11.6 Å². The molecule has 0 bridgehead atoms. The quantitative estimate of drug-likeness (QED) is 0.726. The largest absolute Gasteiger partial charge is 0.386 e. The summed E-state index contributed by atoms with van der Waals surface area (Å²) in [4.78, 5) is 12.4. The van der Waals surface area contributed by atoms with Crippen LogP contribution in [0.5, 0.6) is 0 Å². The van der Waals surface area contributed by atoms with Crippen LogP contribution in [0.2, 0.25) is 0 Å². The van der Waals surface area contributed by atoms with Crippen LogP contribution in [0.15, 0.2) is 11.6 Å². The molecule has 2 aliphatic carbocycles. The summed E-state index contributed by atoms with van der Waals surface area (Å²) in [7, 11) is 0. The van der Waals surface area contributed by atoms with Gasteiger partial charge in [0.1, 0.15) is 5.60 Å². The van der Waals surface area contributed by atoms with E-state index in [9.17, 15) is 9.90 Å². The molecule has 18 heavy (non-hydrogen) atoms. The number of carbonyl (C=O) groups excluding carboxylic acids is 1. The van der Waals surface area contributed by atoms with E-state index in [1.165, 1.54) is 0 Å². The number of ketones is 1. The van der Waals surface area contributed by atoms with E-state index in [0.29, 0.717) is 11.5 Å². The van der Waals surface area contributed by atoms with Gasteiger partial charge in [0.05, 0.1) is 5.60 Å². The Morgan fingerprint density at radius 3 is 2.78 bits per heavy atom. The van der Waals surface area contributed by atoms with E-state index in [1.54, 1.807) is 13.8 Å². The first kappa shape index (κ1) is 12.4. The van der Waals surface area contributed by atoms with Crippen molar-refractivity contribution in [3.63, 3.8) is 0 Å². The van der Waals surface area contributed by atoms with Crippen molar-refractivity contribution in [2.75, 3.05) is 0 Å². The Bertz CT molecular complexity index is 445. The zero-order chi connectivity index (χ0) is 13.3. The fraction of sp³-hybridized carbons (Fsp3) is 0.800. The van der Waals surface area contributed by atoms with Crippen LogP contribution in [0, 0.1) is 11.3 Å². The Labute approximate surface area is 108 Å². The maximum absolute atomic E-state index is 12.4. The molecule has 3 aliphatic rings. The minimum absolute atomic E-state index is 0.00549. The highest BCUT2D eigenvalue weighted by atomic mass is 16.6. The van der Waals surface area contributed by atoms with E-state index in [-0.39, 0.29) is 22.9 Å². The number of Topliss-reactive ketones (excluding diaryl/α,β-unsaturated/α-hetero) is 1. The third-order valence-electron chi connectivity index (χ3n) is 5.42. The van der Waals surface area contributed by atoms with Crippen LogP contribution in [0.4, 0.5) is 0 Å². The lowest BCUT2D eigenvalue weighted by Gasteiger charge is -2.46. The lowest BCUT2D eigenvalue weighted by molar-refractivity contribution is -0.119. The number of aliphatic hydroxyl groups is 1. The molecule has 3 heteroatoms. The van der Waals surface area contributed by atoms with E-state index in [1.807, 2.05) is 6.08 Å². The number of ether oxygens (including phenoxy) is 1. The van der Waals surface area contributed by atoms with Crippen molar-refractivity contribution >= 4 is 5.78 Å². The van der Waals surface area contributed by atoms with Gasteiger partial charge in [-0.1, -0.05) is 26.3 Å². The maximum atomic E-state index is 12.4. The first-order valence-electron chi connectivity index (χ1n) is 6.90. The molecule has 1 heterocycles. The van der Waals surface area contributed by atoms with E-state index in [2.05, 4.69) is 13.8 Å². The second-order valence-electron chi connectivity index (χ2n) is 6.94. The molecule has 100 valence electrons. The second-order valence-corrected chi connectivity index (χ2v) is 6.94. The van der Waals surface area contributed by atoms with E-state index >= 15 is 0 Å². The molecule has 4 atom stereocenters. The lowest BCUT2D eigenvalue weighted by atomic mass is 9.56. The van der Waals surface area contributed by atoms with E-state index < -0.39 is 5.60 Å². The third-order valence-corrected chi connectivity index (χ3v) is 5.42. The summed E-state index contributed by atoms with van der Waals surface area (Å²) in [6.07, 6.45) is 4.98. The SMILES string of the molecule is C[C@H]1CCC[C@@]23O[C@@H]2C(=O)C(C(C)(C)O)=C[C@]13C. The number of epoxide rings is 1. The molecule has 0 aromatic heterocycles. The predicted molar refractivity (Wildman–Crippen MR) is 68.1 cm³/mol. The second kappa shape index (κ2) is 3.26. The van der Waals surface area contributed by atoms with Crippen molar-refractivity contribution in [2.24, 2.45) is 11.3 Å². The minimum atomic E-state index is -1.07. The summed E-state index contributed by atoms with van der Waals surface area (Å²) in [5.41, 5.74) is -0.915. The summed E-state index contributed by atoms with van der Waals surface area (Å²) in [5, 5.41) is 10.2. The molecular formula is C15H22O3. The third kappa shape index (κ3) is 1.29. The first-order chi connectivity index (χ1) is 8.22. The van der Waals surface area contributed by atoms with Gasteiger partial charge in [-0.05, 0) is 32.6 Å². The Hall–Kier alpha value is -0.670. The van der Waals surface area contributed by atoms with Crippen molar-refractivity contribution in [1.29, 1.82) is 0 Å². The van der Waals surface area contributed by atoms with Crippen molar-refractivity contribution in [3.8, 4) is 0 Å². The van der Waals surface area contributed by atoms with Gasteiger partial charge in [0.15, 0.2) is 11.9 Å². The Morgan fingerprint density at radius 1 is 1.50 bits per heavy atom. The van der Waals surface area contributed by atoms with Gasteiger partial charge in [-0.15, -0.1) is 0 Å². The van der Waals surface area contributed by atoms with E-state index in [0.717, 1.165) is 19.3 Å². The van der Waals surface area contributed by atoms with E-state index in [4.69, 9.17) is 4.74 Å².